The summed E-state index contributed by atoms with van der Waals surface area (Å²) in [5.41, 5.74) is 2.50. The number of nitrogens with zero attached hydrogens (tertiary/aromatic N) is 4. The maximum atomic E-state index is 13.3. The molecule has 164 valence electrons. The minimum absolute atomic E-state index is 0.0277. The Bertz CT molecular complexity index is 1180. The summed E-state index contributed by atoms with van der Waals surface area (Å²) in [6, 6.07) is 15.4. The summed E-state index contributed by atoms with van der Waals surface area (Å²) in [5.74, 6) is -0.0277. The SMILES string of the molecule is Cc1nn(Cc2ccc(C(=O)N(Cc3cccs3)Cc3cccs3)cc2)c(C)c1[N+](=O)[O-]. The molecule has 0 N–H and O–H groups in total. The highest BCUT2D eigenvalue weighted by atomic mass is 32.1. The highest BCUT2D eigenvalue weighted by Crippen LogP contribution is 2.23. The van der Waals surface area contributed by atoms with Crippen LogP contribution in [0.15, 0.2) is 59.3 Å². The number of nitro groups is 1. The molecule has 9 heteroatoms. The average molecular weight is 467 g/mol. The van der Waals surface area contributed by atoms with Gasteiger partial charge in [-0.2, -0.15) is 5.10 Å². The standard InChI is InChI=1S/C23H22N4O3S2/c1-16-22(27(29)30)17(2)26(24-16)13-18-7-9-19(10-8-18)23(28)25(14-20-5-3-11-31-20)15-21-6-4-12-32-21/h3-12H,13-15H2,1-2H3. The van der Waals surface area contributed by atoms with Gasteiger partial charge in [-0.3, -0.25) is 19.6 Å². The van der Waals surface area contributed by atoms with Crippen LogP contribution >= 0.6 is 22.7 Å². The van der Waals surface area contributed by atoms with E-state index in [1.807, 2.05) is 64.2 Å². The first-order valence-electron chi connectivity index (χ1n) is 10.0. The molecule has 0 spiro atoms. The number of hydrogen-bond acceptors (Lipinski definition) is 6. The second-order valence-electron chi connectivity index (χ2n) is 7.45. The molecule has 1 aromatic carbocycles. The molecule has 32 heavy (non-hydrogen) atoms. The van der Waals surface area contributed by atoms with Gasteiger partial charge in [0.05, 0.1) is 24.6 Å². The normalized spacial score (nSPS) is 10.9. The van der Waals surface area contributed by atoms with Crippen molar-refractivity contribution < 1.29 is 9.72 Å². The van der Waals surface area contributed by atoms with E-state index in [-0.39, 0.29) is 11.6 Å². The van der Waals surface area contributed by atoms with E-state index in [1.165, 1.54) is 0 Å². The lowest BCUT2D eigenvalue weighted by Gasteiger charge is -2.22. The van der Waals surface area contributed by atoms with Crippen molar-refractivity contribution in [3.05, 3.63) is 102 Å². The average Bonchev–Trinajstić information content (AvgIpc) is 3.51. The zero-order valence-electron chi connectivity index (χ0n) is 17.7. The van der Waals surface area contributed by atoms with E-state index in [4.69, 9.17) is 0 Å². The third-order valence-electron chi connectivity index (χ3n) is 5.20. The number of aromatic nitrogens is 2. The van der Waals surface area contributed by atoms with E-state index in [0.717, 1.165) is 15.3 Å². The largest absolute Gasteiger partial charge is 0.328 e. The van der Waals surface area contributed by atoms with Gasteiger partial charge in [0.15, 0.2) is 0 Å². The molecule has 0 radical (unpaired) electrons. The van der Waals surface area contributed by atoms with Gasteiger partial charge in [0.25, 0.3) is 5.91 Å². The van der Waals surface area contributed by atoms with Crippen LogP contribution in [0.3, 0.4) is 0 Å². The molecule has 3 heterocycles. The molecule has 0 saturated heterocycles. The van der Waals surface area contributed by atoms with Crippen LogP contribution in [-0.2, 0) is 19.6 Å². The molecule has 7 nitrogen and oxygen atoms in total. The Morgan fingerprint density at radius 2 is 1.62 bits per heavy atom. The molecule has 0 atom stereocenters. The number of aryl methyl sites for hydroxylation is 1. The molecule has 4 aromatic rings. The maximum absolute atomic E-state index is 13.3. The van der Waals surface area contributed by atoms with E-state index in [9.17, 15) is 14.9 Å². The minimum atomic E-state index is -0.397. The third kappa shape index (κ3) is 4.79. The minimum Gasteiger partial charge on any atom is -0.328 e. The molecule has 0 saturated carbocycles. The summed E-state index contributed by atoms with van der Waals surface area (Å²) in [4.78, 5) is 28.3. The number of thiophene rings is 2. The fourth-order valence-corrected chi connectivity index (χ4v) is 5.03. The van der Waals surface area contributed by atoms with Crippen molar-refractivity contribution in [1.82, 2.24) is 14.7 Å². The summed E-state index contributed by atoms with van der Waals surface area (Å²) < 4.78 is 1.63. The first-order chi connectivity index (χ1) is 15.4. The molecule has 1 amide bonds. The monoisotopic (exact) mass is 466 g/mol. The van der Waals surface area contributed by atoms with E-state index in [1.54, 1.807) is 41.2 Å². The first kappa shape index (κ1) is 21.9. The fraction of sp³-hybridized carbons (Fsp3) is 0.217. The molecule has 0 aliphatic carbocycles. The quantitative estimate of drug-likeness (QED) is 0.256. The predicted octanol–water partition coefficient (Wildman–Crippen LogP) is 5.42. The van der Waals surface area contributed by atoms with Crippen molar-refractivity contribution in [2.75, 3.05) is 0 Å². The Morgan fingerprint density at radius 3 is 2.09 bits per heavy atom. The lowest BCUT2D eigenvalue weighted by Crippen LogP contribution is -2.29. The summed E-state index contributed by atoms with van der Waals surface area (Å²) in [7, 11) is 0. The Kier molecular flexibility index (Phi) is 6.48. The van der Waals surface area contributed by atoms with Gasteiger partial charge in [-0.1, -0.05) is 24.3 Å². The highest BCUT2D eigenvalue weighted by Gasteiger charge is 2.22. The van der Waals surface area contributed by atoms with Crippen LogP contribution in [0, 0.1) is 24.0 Å². The molecule has 0 bridgehead atoms. The van der Waals surface area contributed by atoms with Crippen molar-refractivity contribution in [2.24, 2.45) is 0 Å². The molecule has 3 aromatic heterocycles. The second kappa shape index (κ2) is 9.46. The van der Waals surface area contributed by atoms with E-state index in [0.29, 0.717) is 36.6 Å². The first-order valence-corrected chi connectivity index (χ1v) is 11.8. The van der Waals surface area contributed by atoms with Gasteiger partial charge in [-0.25, -0.2) is 0 Å². The lowest BCUT2D eigenvalue weighted by atomic mass is 10.1. The summed E-state index contributed by atoms with van der Waals surface area (Å²) in [6.45, 7) is 4.86. The van der Waals surface area contributed by atoms with Crippen LogP contribution in [-0.4, -0.2) is 25.5 Å². The summed E-state index contributed by atoms with van der Waals surface area (Å²) >= 11 is 3.28. The topological polar surface area (TPSA) is 81.3 Å². The van der Waals surface area contributed by atoms with Gasteiger partial charge < -0.3 is 4.90 Å². The van der Waals surface area contributed by atoms with Gasteiger partial charge in [-0.15, -0.1) is 22.7 Å². The molecule has 0 fully saturated rings. The molecule has 0 aliphatic heterocycles. The van der Waals surface area contributed by atoms with Crippen molar-refractivity contribution in [2.45, 2.75) is 33.5 Å². The van der Waals surface area contributed by atoms with E-state index in [2.05, 4.69) is 5.10 Å². The van der Waals surface area contributed by atoms with E-state index < -0.39 is 4.92 Å². The fourth-order valence-electron chi connectivity index (χ4n) is 3.59. The van der Waals surface area contributed by atoms with Gasteiger partial charge >= 0.3 is 5.69 Å². The summed E-state index contributed by atoms with van der Waals surface area (Å²) in [6.07, 6.45) is 0. The third-order valence-corrected chi connectivity index (χ3v) is 6.92. The molecular formula is C23H22N4O3S2. The molecule has 0 aliphatic rings. The van der Waals surface area contributed by atoms with Gasteiger partial charge in [0.1, 0.15) is 11.4 Å². The van der Waals surface area contributed by atoms with Gasteiger partial charge in [0.2, 0.25) is 0 Å². The van der Waals surface area contributed by atoms with Gasteiger partial charge in [0, 0.05) is 15.3 Å². The number of hydrogen-bond donors (Lipinski definition) is 0. The van der Waals surface area contributed by atoms with Crippen molar-refractivity contribution in [1.29, 1.82) is 0 Å². The molecule has 4 rings (SSSR count). The Hall–Kier alpha value is -3.30. The van der Waals surface area contributed by atoms with Crippen molar-refractivity contribution in [3.8, 4) is 0 Å². The van der Waals surface area contributed by atoms with Crippen LogP contribution in [0.5, 0.6) is 0 Å². The Labute approximate surface area is 193 Å². The van der Waals surface area contributed by atoms with Crippen molar-refractivity contribution in [3.63, 3.8) is 0 Å². The van der Waals surface area contributed by atoms with Crippen LogP contribution in [0.4, 0.5) is 5.69 Å². The van der Waals surface area contributed by atoms with Crippen LogP contribution in [0.2, 0.25) is 0 Å². The zero-order chi connectivity index (χ0) is 22.7. The van der Waals surface area contributed by atoms with Crippen molar-refractivity contribution >= 4 is 34.3 Å². The smallest absolute Gasteiger partial charge is 0.312 e. The number of carbonyl (C=O) groups excluding carboxylic acids is 1. The number of carbonyl (C=O) groups is 1. The summed E-state index contributed by atoms with van der Waals surface area (Å²) in [5, 5.41) is 19.6. The number of rotatable bonds is 8. The van der Waals surface area contributed by atoms with Crippen LogP contribution in [0.25, 0.3) is 0 Å². The van der Waals surface area contributed by atoms with E-state index >= 15 is 0 Å². The Morgan fingerprint density at radius 1 is 1.03 bits per heavy atom. The highest BCUT2D eigenvalue weighted by molar-refractivity contribution is 7.10. The molecular weight excluding hydrogens is 444 g/mol. The number of amides is 1. The molecule has 0 unspecified atom stereocenters. The predicted molar refractivity (Wildman–Crippen MR) is 126 cm³/mol. The van der Waals surface area contributed by atoms with Crippen LogP contribution in [0.1, 0.15) is 37.1 Å². The Balaban J connectivity index is 1.52. The lowest BCUT2D eigenvalue weighted by molar-refractivity contribution is -0.386. The van der Waals surface area contributed by atoms with Crippen LogP contribution < -0.4 is 0 Å². The zero-order valence-corrected chi connectivity index (χ0v) is 19.4. The maximum Gasteiger partial charge on any atom is 0.312 e. The second-order valence-corrected chi connectivity index (χ2v) is 9.52. The van der Waals surface area contributed by atoms with Gasteiger partial charge in [-0.05, 0) is 54.4 Å². The number of benzene rings is 1.